The molecule has 1 N–H and O–H groups in total. The van der Waals surface area contributed by atoms with Crippen molar-refractivity contribution >= 4 is 35.1 Å². The Morgan fingerprint density at radius 3 is 2.10 bits per heavy atom. The van der Waals surface area contributed by atoms with Crippen LogP contribution in [0.4, 0.5) is 15.8 Å². The minimum atomic E-state index is -0.724. The van der Waals surface area contributed by atoms with Gasteiger partial charge in [0.05, 0.1) is 23.1 Å². The number of imide groups is 1. The lowest BCUT2D eigenvalue weighted by Gasteiger charge is -2.15. The molecule has 2 atom stereocenters. The number of esters is 1. The number of hydrogen-bond donors (Lipinski definition) is 1. The average Bonchev–Trinajstić information content (AvgIpc) is 3.04. The zero-order valence-corrected chi connectivity index (χ0v) is 16.4. The third kappa shape index (κ3) is 4.23. The largest absolute Gasteiger partial charge is 0.452 e. The van der Waals surface area contributed by atoms with Gasteiger partial charge in [-0.1, -0.05) is 12.2 Å². The summed E-state index contributed by atoms with van der Waals surface area (Å²) in [5, 5.41) is 2.49. The molecule has 1 heterocycles. The molecule has 0 radical (unpaired) electrons. The summed E-state index contributed by atoms with van der Waals surface area (Å²) in [7, 11) is 0. The van der Waals surface area contributed by atoms with Crippen molar-refractivity contribution in [1.29, 1.82) is 0 Å². The van der Waals surface area contributed by atoms with E-state index in [4.69, 9.17) is 4.74 Å². The Labute approximate surface area is 177 Å². The van der Waals surface area contributed by atoms with Gasteiger partial charge in [-0.2, -0.15) is 0 Å². The molecule has 1 fully saturated rings. The molecule has 1 aliphatic carbocycles. The van der Waals surface area contributed by atoms with Gasteiger partial charge in [0.1, 0.15) is 5.82 Å². The molecule has 1 saturated heterocycles. The molecule has 3 amide bonds. The maximum atomic E-state index is 12.9. The quantitative estimate of drug-likeness (QED) is 0.454. The van der Waals surface area contributed by atoms with E-state index < -0.39 is 24.3 Å². The minimum absolute atomic E-state index is 0.177. The second kappa shape index (κ2) is 8.51. The van der Waals surface area contributed by atoms with Gasteiger partial charge in [0.25, 0.3) is 5.91 Å². The fourth-order valence-corrected chi connectivity index (χ4v) is 3.75. The molecular formula is C23H19FN2O5. The fourth-order valence-electron chi connectivity index (χ4n) is 3.75. The lowest BCUT2D eigenvalue weighted by atomic mass is 9.85. The topological polar surface area (TPSA) is 92.8 Å². The van der Waals surface area contributed by atoms with Gasteiger partial charge in [0, 0.05) is 5.69 Å². The van der Waals surface area contributed by atoms with Crippen LogP contribution in [0.3, 0.4) is 0 Å². The van der Waals surface area contributed by atoms with Crippen molar-refractivity contribution in [2.24, 2.45) is 11.8 Å². The van der Waals surface area contributed by atoms with Crippen LogP contribution in [0.1, 0.15) is 23.2 Å². The number of carbonyl (C=O) groups excluding carboxylic acids is 4. The van der Waals surface area contributed by atoms with E-state index in [-0.39, 0.29) is 29.2 Å². The van der Waals surface area contributed by atoms with Gasteiger partial charge in [-0.15, -0.1) is 0 Å². The molecule has 0 saturated carbocycles. The Kier molecular flexibility index (Phi) is 5.62. The van der Waals surface area contributed by atoms with E-state index in [0.717, 1.165) is 0 Å². The van der Waals surface area contributed by atoms with Crippen molar-refractivity contribution in [1.82, 2.24) is 0 Å². The minimum Gasteiger partial charge on any atom is -0.452 e. The first kappa shape index (κ1) is 20.5. The molecule has 8 heteroatoms. The Morgan fingerprint density at radius 2 is 1.52 bits per heavy atom. The van der Waals surface area contributed by atoms with E-state index in [1.54, 1.807) is 0 Å². The highest BCUT2D eigenvalue weighted by molar-refractivity contribution is 6.22. The van der Waals surface area contributed by atoms with Crippen LogP contribution >= 0.6 is 0 Å². The number of hydrogen-bond acceptors (Lipinski definition) is 5. The summed E-state index contributed by atoms with van der Waals surface area (Å²) in [6.07, 6.45) is 4.94. The number of fused-ring (bicyclic) bond motifs is 1. The summed E-state index contributed by atoms with van der Waals surface area (Å²) in [4.78, 5) is 50.5. The number of nitrogens with one attached hydrogen (secondary N) is 1. The molecule has 1 aliphatic heterocycles. The first-order valence-electron chi connectivity index (χ1n) is 9.79. The summed E-state index contributed by atoms with van der Waals surface area (Å²) >= 11 is 0. The Morgan fingerprint density at radius 1 is 0.935 bits per heavy atom. The van der Waals surface area contributed by atoms with Crippen molar-refractivity contribution in [3.8, 4) is 0 Å². The molecule has 0 unspecified atom stereocenters. The van der Waals surface area contributed by atoms with Crippen molar-refractivity contribution in [2.45, 2.75) is 12.8 Å². The molecule has 4 rings (SSSR count). The third-order valence-electron chi connectivity index (χ3n) is 5.33. The Bertz CT molecular complexity index is 1040. The lowest BCUT2D eigenvalue weighted by Crippen LogP contribution is -2.30. The van der Waals surface area contributed by atoms with Crippen LogP contribution in [0.5, 0.6) is 0 Å². The highest BCUT2D eigenvalue weighted by Gasteiger charge is 2.47. The number of anilines is 2. The average molecular weight is 422 g/mol. The SMILES string of the molecule is O=C(COC(=O)c1ccc(N2C(=O)[C@H]3CC=CC[C@@H]3C2=O)cc1)Nc1ccc(F)cc1. The monoisotopic (exact) mass is 422 g/mol. The number of nitrogens with zero attached hydrogens (tertiary/aromatic N) is 1. The van der Waals surface area contributed by atoms with Gasteiger partial charge >= 0.3 is 5.97 Å². The number of carbonyl (C=O) groups is 4. The van der Waals surface area contributed by atoms with Gasteiger partial charge < -0.3 is 10.1 Å². The van der Waals surface area contributed by atoms with Crippen LogP contribution in [-0.2, 0) is 19.1 Å². The summed E-state index contributed by atoms with van der Waals surface area (Å²) in [5.41, 5.74) is 0.953. The zero-order chi connectivity index (χ0) is 22.0. The van der Waals surface area contributed by atoms with E-state index >= 15 is 0 Å². The predicted molar refractivity (Wildman–Crippen MR) is 110 cm³/mol. The smallest absolute Gasteiger partial charge is 0.338 e. The van der Waals surface area contributed by atoms with Crippen LogP contribution in [0.2, 0.25) is 0 Å². The molecule has 0 spiro atoms. The third-order valence-corrected chi connectivity index (χ3v) is 5.33. The number of halogens is 1. The summed E-state index contributed by atoms with van der Waals surface area (Å²) in [6.45, 7) is -0.516. The number of allylic oxidation sites excluding steroid dienone is 2. The lowest BCUT2D eigenvalue weighted by molar-refractivity contribution is -0.122. The fraction of sp³-hybridized carbons (Fsp3) is 0.217. The van der Waals surface area contributed by atoms with E-state index in [0.29, 0.717) is 24.2 Å². The van der Waals surface area contributed by atoms with Gasteiger partial charge in [0.2, 0.25) is 11.8 Å². The van der Waals surface area contributed by atoms with Crippen molar-refractivity contribution in [3.63, 3.8) is 0 Å². The van der Waals surface area contributed by atoms with Gasteiger partial charge in [-0.25, -0.2) is 9.18 Å². The molecule has 158 valence electrons. The second-order valence-electron chi connectivity index (χ2n) is 7.35. The number of amides is 3. The summed E-state index contributed by atoms with van der Waals surface area (Å²) < 4.78 is 17.9. The first-order valence-corrected chi connectivity index (χ1v) is 9.79. The second-order valence-corrected chi connectivity index (χ2v) is 7.35. The van der Waals surface area contributed by atoms with E-state index in [9.17, 15) is 23.6 Å². The van der Waals surface area contributed by atoms with Crippen LogP contribution in [0.25, 0.3) is 0 Å². The highest BCUT2D eigenvalue weighted by Crippen LogP contribution is 2.37. The van der Waals surface area contributed by atoms with Crippen molar-refractivity contribution in [3.05, 3.63) is 72.1 Å². The van der Waals surface area contributed by atoms with Crippen LogP contribution in [0.15, 0.2) is 60.7 Å². The number of rotatable bonds is 5. The molecule has 0 aromatic heterocycles. The normalized spacial score (nSPS) is 19.8. The van der Waals surface area contributed by atoms with Crippen LogP contribution in [-0.4, -0.2) is 30.3 Å². The van der Waals surface area contributed by atoms with Crippen molar-refractivity contribution < 1.29 is 28.3 Å². The molecule has 31 heavy (non-hydrogen) atoms. The molecule has 2 aromatic rings. The van der Waals surface area contributed by atoms with Gasteiger partial charge in [0.15, 0.2) is 6.61 Å². The number of ether oxygens (including phenoxy) is 1. The molecule has 2 aromatic carbocycles. The van der Waals surface area contributed by atoms with Gasteiger partial charge in [-0.3, -0.25) is 19.3 Å². The van der Waals surface area contributed by atoms with E-state index in [1.165, 1.54) is 53.4 Å². The standard InChI is InChI=1S/C23H19FN2O5/c24-15-7-9-16(10-8-15)25-20(27)13-31-23(30)14-5-11-17(12-6-14)26-21(28)18-3-1-2-4-19(18)22(26)29/h1-2,5-12,18-19H,3-4,13H2,(H,25,27)/t18-,19-/m0/s1. The van der Waals surface area contributed by atoms with E-state index in [1.807, 2.05) is 12.2 Å². The molecule has 7 nitrogen and oxygen atoms in total. The van der Waals surface area contributed by atoms with Crippen LogP contribution < -0.4 is 10.2 Å². The zero-order valence-electron chi connectivity index (χ0n) is 16.4. The molecular weight excluding hydrogens is 403 g/mol. The van der Waals surface area contributed by atoms with Crippen LogP contribution in [0, 0.1) is 17.7 Å². The van der Waals surface area contributed by atoms with Crippen molar-refractivity contribution in [2.75, 3.05) is 16.8 Å². The number of benzene rings is 2. The summed E-state index contributed by atoms with van der Waals surface area (Å²) in [5.74, 6) is -2.85. The highest BCUT2D eigenvalue weighted by atomic mass is 19.1. The van der Waals surface area contributed by atoms with Gasteiger partial charge in [-0.05, 0) is 61.4 Å². The predicted octanol–water partition coefficient (Wildman–Crippen LogP) is 3.08. The summed E-state index contributed by atoms with van der Waals surface area (Å²) in [6, 6.07) is 11.1. The molecule has 2 aliphatic rings. The maximum Gasteiger partial charge on any atom is 0.338 e. The Balaban J connectivity index is 1.35. The Hall–Kier alpha value is -3.81. The maximum absolute atomic E-state index is 12.9. The van der Waals surface area contributed by atoms with E-state index in [2.05, 4.69) is 5.32 Å². The first-order chi connectivity index (χ1) is 14.9. The molecule has 0 bridgehead atoms.